The van der Waals surface area contributed by atoms with Crippen LogP contribution in [0.2, 0.25) is 0 Å². The third kappa shape index (κ3) is 3.71. The quantitative estimate of drug-likeness (QED) is 0.648. The summed E-state index contributed by atoms with van der Waals surface area (Å²) in [6.45, 7) is 1.55. The van der Waals surface area contributed by atoms with E-state index in [0.717, 1.165) is 5.56 Å². The molecule has 0 bridgehead atoms. The smallest absolute Gasteiger partial charge is 0.316 e. The lowest BCUT2D eigenvalue weighted by molar-refractivity contribution is -0.153. The molecule has 2 aliphatic rings. The van der Waals surface area contributed by atoms with Crippen LogP contribution in [0.1, 0.15) is 5.56 Å². The molecule has 1 aromatic rings. The highest BCUT2D eigenvalue weighted by atomic mass is 35.5. The first-order valence-corrected chi connectivity index (χ1v) is 8.72. The van der Waals surface area contributed by atoms with Crippen molar-refractivity contribution in [3.63, 3.8) is 0 Å². The first-order valence-electron chi connectivity index (χ1n) is 8.72. The molecule has 2 aliphatic heterocycles. The van der Waals surface area contributed by atoms with Crippen LogP contribution >= 0.6 is 12.4 Å². The van der Waals surface area contributed by atoms with Crippen LogP contribution in [0.5, 0.6) is 17.2 Å². The Bertz CT molecular complexity index is 716. The SMILES string of the molecule is COC(=O)[C@@]12COC[C@@H]1CN(C(=O)Cc1cc(OC)c(OC)c(OC)c1)C2.Cl. The fourth-order valence-corrected chi connectivity index (χ4v) is 3.94. The van der Waals surface area contributed by atoms with Crippen molar-refractivity contribution in [1.29, 1.82) is 0 Å². The summed E-state index contributed by atoms with van der Waals surface area (Å²) in [5.41, 5.74) is -0.00500. The second-order valence-electron chi connectivity index (χ2n) is 6.84. The Balaban J connectivity index is 0.00000280. The van der Waals surface area contributed by atoms with E-state index < -0.39 is 5.41 Å². The van der Waals surface area contributed by atoms with Crippen molar-refractivity contribution in [2.75, 3.05) is 54.7 Å². The van der Waals surface area contributed by atoms with E-state index in [4.69, 9.17) is 23.7 Å². The fourth-order valence-electron chi connectivity index (χ4n) is 3.94. The van der Waals surface area contributed by atoms with E-state index in [2.05, 4.69) is 0 Å². The molecule has 1 amide bonds. The number of amides is 1. The molecular formula is C19H26ClNO7. The van der Waals surface area contributed by atoms with Gasteiger partial charge in [-0.3, -0.25) is 9.59 Å². The number of hydrogen-bond donors (Lipinski definition) is 0. The van der Waals surface area contributed by atoms with Crippen molar-refractivity contribution in [3.8, 4) is 17.2 Å². The zero-order chi connectivity index (χ0) is 19.6. The van der Waals surface area contributed by atoms with Gasteiger partial charge in [0.25, 0.3) is 0 Å². The van der Waals surface area contributed by atoms with Crippen LogP contribution in [0, 0.1) is 11.3 Å². The van der Waals surface area contributed by atoms with Crippen molar-refractivity contribution in [2.45, 2.75) is 6.42 Å². The molecule has 0 N–H and O–H groups in total. The molecule has 2 saturated heterocycles. The summed E-state index contributed by atoms with van der Waals surface area (Å²) in [6.07, 6.45) is 0.168. The number of benzene rings is 1. The van der Waals surface area contributed by atoms with E-state index >= 15 is 0 Å². The molecule has 0 radical (unpaired) electrons. The number of ether oxygens (including phenoxy) is 5. The number of rotatable bonds is 6. The highest BCUT2D eigenvalue weighted by Gasteiger charge is 2.57. The predicted molar refractivity (Wildman–Crippen MR) is 102 cm³/mol. The van der Waals surface area contributed by atoms with Crippen LogP contribution in [0.3, 0.4) is 0 Å². The van der Waals surface area contributed by atoms with Crippen LogP contribution in [-0.2, 0) is 25.5 Å². The van der Waals surface area contributed by atoms with Crippen molar-refractivity contribution in [3.05, 3.63) is 17.7 Å². The molecule has 2 heterocycles. The standard InChI is InChI=1S/C19H25NO7.ClH/c1-23-14-5-12(6-15(24-2)17(14)25-3)7-16(21)20-8-13-9-27-11-19(13,10-20)18(22)26-4;/h5-6,13H,7-11H2,1-4H3;1H/t13-,19-;/m0./s1. The zero-order valence-corrected chi connectivity index (χ0v) is 17.3. The average Bonchev–Trinajstić information content (AvgIpc) is 3.24. The molecule has 0 unspecified atom stereocenters. The lowest BCUT2D eigenvalue weighted by Crippen LogP contribution is -2.41. The van der Waals surface area contributed by atoms with E-state index in [1.165, 1.54) is 28.4 Å². The van der Waals surface area contributed by atoms with Crippen molar-refractivity contribution in [1.82, 2.24) is 4.90 Å². The van der Waals surface area contributed by atoms with Crippen molar-refractivity contribution >= 4 is 24.3 Å². The molecule has 28 heavy (non-hydrogen) atoms. The van der Waals surface area contributed by atoms with Gasteiger partial charge in [-0.25, -0.2) is 0 Å². The molecule has 8 nitrogen and oxygen atoms in total. The Hall–Kier alpha value is -2.19. The Morgan fingerprint density at radius 2 is 1.79 bits per heavy atom. The van der Waals surface area contributed by atoms with E-state index in [-0.39, 0.29) is 43.2 Å². The minimum absolute atomic E-state index is 0. The maximum atomic E-state index is 12.9. The summed E-state index contributed by atoms with van der Waals surface area (Å²) in [5.74, 6) is 1.06. The third-order valence-electron chi connectivity index (χ3n) is 5.40. The van der Waals surface area contributed by atoms with Crippen LogP contribution < -0.4 is 14.2 Å². The molecule has 3 rings (SSSR count). The lowest BCUT2D eigenvalue weighted by atomic mass is 9.81. The molecule has 0 spiro atoms. The highest BCUT2D eigenvalue weighted by Crippen LogP contribution is 2.43. The van der Waals surface area contributed by atoms with Gasteiger partial charge in [-0.05, 0) is 17.7 Å². The van der Waals surface area contributed by atoms with Gasteiger partial charge in [0.15, 0.2) is 11.5 Å². The van der Waals surface area contributed by atoms with Gasteiger partial charge in [0, 0.05) is 19.0 Å². The lowest BCUT2D eigenvalue weighted by Gasteiger charge is -2.24. The molecule has 0 aliphatic carbocycles. The molecule has 156 valence electrons. The van der Waals surface area contributed by atoms with Gasteiger partial charge in [-0.15, -0.1) is 12.4 Å². The van der Waals surface area contributed by atoms with E-state index in [1.807, 2.05) is 0 Å². The molecule has 2 atom stereocenters. The summed E-state index contributed by atoms with van der Waals surface area (Å²) in [4.78, 5) is 26.9. The molecule has 1 aromatic carbocycles. The molecular weight excluding hydrogens is 390 g/mol. The number of hydrogen-bond acceptors (Lipinski definition) is 7. The largest absolute Gasteiger partial charge is 0.493 e. The number of methoxy groups -OCH3 is 4. The number of carbonyl (C=O) groups is 2. The summed E-state index contributed by atoms with van der Waals surface area (Å²) in [7, 11) is 5.96. The Morgan fingerprint density at radius 1 is 1.14 bits per heavy atom. The first-order chi connectivity index (χ1) is 13.0. The van der Waals surface area contributed by atoms with Gasteiger partial charge in [-0.1, -0.05) is 0 Å². The number of fused-ring (bicyclic) bond motifs is 1. The number of carbonyl (C=O) groups excluding carboxylic acids is 2. The fraction of sp³-hybridized carbons (Fsp3) is 0.579. The summed E-state index contributed by atoms with van der Waals surface area (Å²) in [6, 6.07) is 3.52. The van der Waals surface area contributed by atoms with Gasteiger partial charge in [-0.2, -0.15) is 0 Å². The van der Waals surface area contributed by atoms with E-state index in [0.29, 0.717) is 36.9 Å². The van der Waals surface area contributed by atoms with Crippen LogP contribution in [-0.4, -0.2) is 71.5 Å². The van der Waals surface area contributed by atoms with Gasteiger partial charge in [0.05, 0.1) is 48.1 Å². The van der Waals surface area contributed by atoms with Crippen molar-refractivity contribution < 1.29 is 33.3 Å². The highest BCUT2D eigenvalue weighted by molar-refractivity contribution is 5.85. The minimum Gasteiger partial charge on any atom is -0.493 e. The summed E-state index contributed by atoms with van der Waals surface area (Å²) in [5, 5.41) is 0. The molecule has 0 aromatic heterocycles. The second kappa shape index (κ2) is 8.87. The molecule has 0 saturated carbocycles. The Kier molecular flexibility index (Phi) is 7.01. The zero-order valence-electron chi connectivity index (χ0n) is 16.5. The monoisotopic (exact) mass is 415 g/mol. The van der Waals surface area contributed by atoms with Gasteiger partial charge < -0.3 is 28.6 Å². The molecule has 2 fully saturated rings. The van der Waals surface area contributed by atoms with E-state index in [1.54, 1.807) is 17.0 Å². The number of halogens is 1. The summed E-state index contributed by atoms with van der Waals surface area (Å²) >= 11 is 0. The third-order valence-corrected chi connectivity index (χ3v) is 5.40. The van der Waals surface area contributed by atoms with Crippen LogP contribution in [0.15, 0.2) is 12.1 Å². The first kappa shape index (κ1) is 22.1. The number of esters is 1. The Morgan fingerprint density at radius 3 is 2.32 bits per heavy atom. The topological polar surface area (TPSA) is 83.5 Å². The second-order valence-corrected chi connectivity index (χ2v) is 6.84. The van der Waals surface area contributed by atoms with Gasteiger partial charge in [0.2, 0.25) is 11.7 Å². The maximum Gasteiger partial charge on any atom is 0.316 e. The van der Waals surface area contributed by atoms with E-state index in [9.17, 15) is 9.59 Å². The number of nitrogens with zero attached hydrogens (tertiary/aromatic N) is 1. The maximum absolute atomic E-state index is 12.9. The Labute approximate surface area is 170 Å². The van der Waals surface area contributed by atoms with Crippen LogP contribution in [0.4, 0.5) is 0 Å². The van der Waals surface area contributed by atoms with Gasteiger partial charge >= 0.3 is 5.97 Å². The van der Waals surface area contributed by atoms with Crippen molar-refractivity contribution in [2.24, 2.45) is 11.3 Å². The summed E-state index contributed by atoms with van der Waals surface area (Å²) < 4.78 is 26.4. The van der Waals surface area contributed by atoms with Gasteiger partial charge in [0.1, 0.15) is 5.41 Å². The minimum atomic E-state index is -0.750. The van der Waals surface area contributed by atoms with Crippen LogP contribution in [0.25, 0.3) is 0 Å². The number of likely N-dealkylation sites (tertiary alicyclic amines) is 1. The molecule has 9 heteroatoms. The normalized spacial score (nSPS) is 22.9. The average molecular weight is 416 g/mol. The predicted octanol–water partition coefficient (Wildman–Crippen LogP) is 1.32.